The number of rotatable bonds is 6. The Hall–Kier alpha value is -2.35. The summed E-state index contributed by atoms with van der Waals surface area (Å²) in [6.07, 6.45) is 9.17. The molecule has 1 amide bonds. The minimum atomic E-state index is -0.0414. The van der Waals surface area contributed by atoms with E-state index in [2.05, 4.69) is 32.0 Å². The van der Waals surface area contributed by atoms with Gasteiger partial charge >= 0.3 is 0 Å². The Kier molecular flexibility index (Phi) is 7.84. The van der Waals surface area contributed by atoms with Gasteiger partial charge < -0.3 is 19.9 Å². The second-order valence-corrected chi connectivity index (χ2v) is 9.16. The van der Waals surface area contributed by atoms with Crippen molar-refractivity contribution in [3.63, 3.8) is 0 Å². The van der Waals surface area contributed by atoms with E-state index >= 15 is 0 Å². The highest BCUT2D eigenvalue weighted by atomic mass is 16.5. The molecule has 0 bridgehead atoms. The molecule has 1 aromatic heterocycles. The van der Waals surface area contributed by atoms with Crippen LogP contribution >= 0.6 is 0 Å². The Morgan fingerprint density at radius 2 is 1.84 bits per heavy atom. The zero-order valence-corrected chi connectivity index (χ0v) is 19.6. The summed E-state index contributed by atoms with van der Waals surface area (Å²) in [5, 5.41) is 3.49. The van der Waals surface area contributed by atoms with Gasteiger partial charge in [-0.3, -0.25) is 14.7 Å². The minimum absolute atomic E-state index is 0.0414. The van der Waals surface area contributed by atoms with Crippen molar-refractivity contribution in [2.75, 3.05) is 46.3 Å². The first-order chi connectivity index (χ1) is 15.6. The summed E-state index contributed by atoms with van der Waals surface area (Å²) < 4.78 is 6.04. The van der Waals surface area contributed by atoms with E-state index in [0.717, 1.165) is 82.4 Å². The summed E-state index contributed by atoms with van der Waals surface area (Å²) in [6.45, 7) is 8.04. The molecule has 3 heterocycles. The summed E-state index contributed by atoms with van der Waals surface area (Å²) in [5.41, 5.74) is 1.14. The van der Waals surface area contributed by atoms with Crippen molar-refractivity contribution in [2.45, 2.75) is 64.1 Å². The first-order valence-corrected chi connectivity index (χ1v) is 12.2. The van der Waals surface area contributed by atoms with Crippen LogP contribution in [0, 0.1) is 0 Å². The van der Waals surface area contributed by atoms with Crippen LogP contribution in [0.2, 0.25) is 0 Å². The molecule has 2 saturated heterocycles. The van der Waals surface area contributed by atoms with Crippen molar-refractivity contribution >= 4 is 11.9 Å². The van der Waals surface area contributed by atoms with Crippen LogP contribution in [0.3, 0.4) is 0 Å². The minimum Gasteiger partial charge on any atom is -0.474 e. The Morgan fingerprint density at radius 3 is 2.53 bits per heavy atom. The standard InChI is InChI=1S/C24H38N6O2/c1-19(23(31)29-11-5-6-12-29)28-13-15-30(16-14-28)24(25-2)27-18-20-9-10-26-22(17-20)32-21-7-3-4-8-21/h9-10,17,19,21H,3-8,11-16,18H2,1-2H3,(H,25,27). The largest absolute Gasteiger partial charge is 0.474 e. The second kappa shape index (κ2) is 11.0. The fraction of sp³-hybridized carbons (Fsp3) is 0.708. The number of aromatic nitrogens is 1. The second-order valence-electron chi connectivity index (χ2n) is 9.16. The monoisotopic (exact) mass is 442 g/mol. The molecule has 1 aromatic rings. The molecule has 8 heteroatoms. The number of aliphatic imine (C=N–C) groups is 1. The molecular formula is C24H38N6O2. The summed E-state index contributed by atoms with van der Waals surface area (Å²) in [4.78, 5) is 28.2. The lowest BCUT2D eigenvalue weighted by Gasteiger charge is -2.39. The van der Waals surface area contributed by atoms with Crippen LogP contribution in [0.15, 0.2) is 23.3 Å². The molecule has 4 rings (SSSR count). The van der Waals surface area contributed by atoms with E-state index in [0.29, 0.717) is 12.6 Å². The molecule has 1 N–H and O–H groups in total. The topological polar surface area (TPSA) is 73.3 Å². The van der Waals surface area contributed by atoms with Gasteiger partial charge in [0.05, 0.1) is 6.04 Å². The molecule has 0 aromatic carbocycles. The van der Waals surface area contributed by atoms with Gasteiger partial charge in [0.25, 0.3) is 0 Å². The van der Waals surface area contributed by atoms with E-state index in [1.54, 1.807) is 0 Å². The number of hydrogen-bond donors (Lipinski definition) is 1. The Labute approximate surface area is 192 Å². The number of pyridine rings is 1. The van der Waals surface area contributed by atoms with Crippen molar-refractivity contribution in [1.82, 2.24) is 25.0 Å². The molecule has 3 aliphatic rings. The normalized spacial score (nSPS) is 21.8. The zero-order chi connectivity index (χ0) is 22.3. The summed E-state index contributed by atoms with van der Waals surface area (Å²) in [6, 6.07) is 4.01. The molecule has 1 atom stereocenters. The molecule has 0 radical (unpaired) electrons. The van der Waals surface area contributed by atoms with Gasteiger partial charge in [-0.1, -0.05) is 0 Å². The van der Waals surface area contributed by atoms with Crippen LogP contribution in [-0.2, 0) is 11.3 Å². The van der Waals surface area contributed by atoms with E-state index in [4.69, 9.17) is 4.74 Å². The van der Waals surface area contributed by atoms with E-state index in [-0.39, 0.29) is 11.9 Å². The molecule has 1 unspecified atom stereocenters. The van der Waals surface area contributed by atoms with Crippen molar-refractivity contribution in [1.29, 1.82) is 0 Å². The van der Waals surface area contributed by atoms with E-state index in [1.165, 1.54) is 12.8 Å². The maximum Gasteiger partial charge on any atom is 0.239 e. The van der Waals surface area contributed by atoms with E-state index in [1.807, 2.05) is 30.3 Å². The molecule has 32 heavy (non-hydrogen) atoms. The first kappa shape index (κ1) is 22.8. The van der Waals surface area contributed by atoms with E-state index in [9.17, 15) is 4.79 Å². The van der Waals surface area contributed by atoms with Crippen molar-refractivity contribution < 1.29 is 9.53 Å². The van der Waals surface area contributed by atoms with Gasteiger partial charge in [-0.15, -0.1) is 0 Å². The Balaban J connectivity index is 1.25. The molecule has 3 fully saturated rings. The fourth-order valence-electron chi connectivity index (χ4n) is 4.99. The zero-order valence-electron chi connectivity index (χ0n) is 19.6. The molecule has 1 aliphatic carbocycles. The molecule has 8 nitrogen and oxygen atoms in total. The van der Waals surface area contributed by atoms with Crippen LogP contribution in [0.4, 0.5) is 0 Å². The SMILES string of the molecule is CN=C(NCc1ccnc(OC2CCCC2)c1)N1CCN(C(C)C(=O)N2CCCC2)CC1. The quantitative estimate of drug-likeness (QED) is 0.537. The summed E-state index contributed by atoms with van der Waals surface area (Å²) in [5.74, 6) is 1.90. The van der Waals surface area contributed by atoms with Gasteiger partial charge in [0.1, 0.15) is 6.10 Å². The van der Waals surface area contributed by atoms with Gasteiger partial charge in [0.15, 0.2) is 5.96 Å². The molecule has 1 saturated carbocycles. The number of carbonyl (C=O) groups is 1. The number of hydrogen-bond acceptors (Lipinski definition) is 5. The average Bonchev–Trinajstić information content (AvgIpc) is 3.54. The van der Waals surface area contributed by atoms with Gasteiger partial charge in [-0.25, -0.2) is 4.98 Å². The summed E-state index contributed by atoms with van der Waals surface area (Å²) >= 11 is 0. The summed E-state index contributed by atoms with van der Waals surface area (Å²) in [7, 11) is 1.83. The Morgan fingerprint density at radius 1 is 1.12 bits per heavy atom. The van der Waals surface area contributed by atoms with Crippen molar-refractivity contribution in [3.05, 3.63) is 23.9 Å². The third kappa shape index (κ3) is 5.71. The van der Waals surface area contributed by atoms with Crippen molar-refractivity contribution in [3.8, 4) is 5.88 Å². The third-order valence-electron chi connectivity index (χ3n) is 6.99. The maximum atomic E-state index is 12.7. The molecule has 2 aliphatic heterocycles. The lowest BCUT2D eigenvalue weighted by atomic mass is 10.2. The lowest BCUT2D eigenvalue weighted by molar-refractivity contribution is -0.135. The average molecular weight is 443 g/mol. The van der Waals surface area contributed by atoms with Gasteiger partial charge in [-0.2, -0.15) is 0 Å². The number of nitrogens with one attached hydrogen (secondary N) is 1. The number of likely N-dealkylation sites (tertiary alicyclic amines) is 1. The number of nitrogens with zero attached hydrogens (tertiary/aromatic N) is 5. The molecular weight excluding hydrogens is 404 g/mol. The van der Waals surface area contributed by atoms with Gasteiger partial charge in [0.2, 0.25) is 11.8 Å². The predicted octanol–water partition coefficient (Wildman–Crippen LogP) is 2.11. The van der Waals surface area contributed by atoms with E-state index < -0.39 is 0 Å². The van der Waals surface area contributed by atoms with Crippen molar-refractivity contribution in [2.24, 2.45) is 4.99 Å². The molecule has 0 spiro atoms. The number of carbonyl (C=O) groups excluding carboxylic acids is 1. The van der Waals surface area contributed by atoms with Gasteiger partial charge in [-0.05, 0) is 57.1 Å². The first-order valence-electron chi connectivity index (χ1n) is 12.2. The number of ether oxygens (including phenoxy) is 1. The van der Waals surface area contributed by atoms with Crippen LogP contribution in [0.1, 0.15) is 51.0 Å². The number of guanidine groups is 1. The van der Waals surface area contributed by atoms with Crippen LogP contribution in [0.25, 0.3) is 0 Å². The highest BCUT2D eigenvalue weighted by molar-refractivity contribution is 5.82. The van der Waals surface area contributed by atoms with Crippen LogP contribution in [-0.4, -0.2) is 90.0 Å². The highest BCUT2D eigenvalue weighted by Crippen LogP contribution is 2.23. The van der Waals surface area contributed by atoms with Crippen LogP contribution in [0.5, 0.6) is 5.88 Å². The maximum absolute atomic E-state index is 12.7. The molecule has 176 valence electrons. The Bertz CT molecular complexity index is 780. The number of piperazine rings is 1. The van der Waals surface area contributed by atoms with Crippen LogP contribution < -0.4 is 10.1 Å². The fourth-order valence-corrected chi connectivity index (χ4v) is 4.99. The highest BCUT2D eigenvalue weighted by Gasteiger charge is 2.30. The predicted molar refractivity (Wildman–Crippen MR) is 126 cm³/mol. The smallest absolute Gasteiger partial charge is 0.239 e. The van der Waals surface area contributed by atoms with Gasteiger partial charge in [0, 0.05) is 65.1 Å². The number of amides is 1. The lowest BCUT2D eigenvalue weighted by Crippen LogP contribution is -2.57. The third-order valence-corrected chi connectivity index (χ3v) is 6.99.